The molecule has 1 aromatic carbocycles. The van der Waals surface area contributed by atoms with Gasteiger partial charge in [-0.2, -0.15) is 0 Å². The van der Waals surface area contributed by atoms with Crippen LogP contribution in [0.1, 0.15) is 34.6 Å². The molecule has 6 heteroatoms. The highest BCUT2D eigenvalue weighted by Crippen LogP contribution is 2.10. The van der Waals surface area contributed by atoms with Crippen LogP contribution in [0.4, 0.5) is 10.5 Å². The zero-order valence-corrected chi connectivity index (χ0v) is 16.1. The van der Waals surface area contributed by atoms with E-state index < -0.39 is 17.7 Å². The summed E-state index contributed by atoms with van der Waals surface area (Å²) < 4.78 is 5.23. The Morgan fingerprint density at radius 2 is 1.76 bits per heavy atom. The quantitative estimate of drug-likeness (QED) is 0.794. The molecule has 1 unspecified atom stereocenters. The lowest BCUT2D eigenvalue weighted by Gasteiger charge is -2.26. The van der Waals surface area contributed by atoms with Crippen molar-refractivity contribution in [3.05, 3.63) is 30.3 Å². The molecule has 0 fully saturated rings. The molecule has 2 N–H and O–H groups in total. The number of alkyl carbamates (subject to hydrolysis) is 1. The van der Waals surface area contributed by atoms with Crippen molar-refractivity contribution in [2.24, 2.45) is 5.92 Å². The lowest BCUT2D eigenvalue weighted by molar-refractivity contribution is -0.124. The first-order valence-electron chi connectivity index (χ1n) is 8.63. The molecule has 0 aliphatic heterocycles. The number of hydrogen-bond donors (Lipinski definition) is 2. The molecule has 140 valence electrons. The SMILES string of the molecule is CC(C)C(NC(=O)OC(C)(C)C)C(=O)NCCN(C)c1ccccc1. The smallest absolute Gasteiger partial charge is 0.408 e. The third-order valence-corrected chi connectivity index (χ3v) is 3.56. The van der Waals surface area contributed by atoms with Gasteiger partial charge in [0.2, 0.25) is 5.91 Å². The highest BCUT2D eigenvalue weighted by atomic mass is 16.6. The van der Waals surface area contributed by atoms with Gasteiger partial charge in [-0.25, -0.2) is 4.79 Å². The van der Waals surface area contributed by atoms with Gasteiger partial charge in [0.05, 0.1) is 0 Å². The van der Waals surface area contributed by atoms with Gasteiger partial charge in [0.1, 0.15) is 11.6 Å². The van der Waals surface area contributed by atoms with E-state index in [4.69, 9.17) is 4.74 Å². The van der Waals surface area contributed by atoms with E-state index in [1.807, 2.05) is 51.2 Å². The average molecular weight is 349 g/mol. The lowest BCUT2D eigenvalue weighted by Crippen LogP contribution is -2.51. The minimum Gasteiger partial charge on any atom is -0.444 e. The summed E-state index contributed by atoms with van der Waals surface area (Å²) >= 11 is 0. The van der Waals surface area contributed by atoms with Crippen LogP contribution in [0, 0.1) is 5.92 Å². The maximum Gasteiger partial charge on any atom is 0.408 e. The van der Waals surface area contributed by atoms with E-state index in [9.17, 15) is 9.59 Å². The van der Waals surface area contributed by atoms with Crippen LogP contribution in [0.25, 0.3) is 0 Å². The van der Waals surface area contributed by atoms with Gasteiger partial charge in [-0.3, -0.25) is 4.79 Å². The van der Waals surface area contributed by atoms with Gasteiger partial charge in [0.25, 0.3) is 0 Å². The number of hydrogen-bond acceptors (Lipinski definition) is 4. The Bertz CT molecular complexity index is 553. The molecule has 0 aliphatic rings. The molecule has 1 aromatic rings. The zero-order chi connectivity index (χ0) is 19.0. The molecule has 0 heterocycles. The van der Waals surface area contributed by atoms with Crippen LogP contribution < -0.4 is 15.5 Å². The van der Waals surface area contributed by atoms with Crippen LogP contribution in [-0.2, 0) is 9.53 Å². The average Bonchev–Trinajstić information content (AvgIpc) is 2.51. The number of carbonyl (C=O) groups excluding carboxylic acids is 2. The van der Waals surface area contributed by atoms with Crippen LogP contribution in [0.15, 0.2) is 30.3 Å². The van der Waals surface area contributed by atoms with Gasteiger partial charge in [-0.15, -0.1) is 0 Å². The molecule has 1 rings (SSSR count). The normalized spacial score (nSPS) is 12.4. The fourth-order valence-corrected chi connectivity index (χ4v) is 2.24. The minimum absolute atomic E-state index is 0.0422. The predicted molar refractivity (Wildman–Crippen MR) is 101 cm³/mol. The summed E-state index contributed by atoms with van der Waals surface area (Å²) in [5.74, 6) is -0.248. The topological polar surface area (TPSA) is 70.7 Å². The third kappa shape index (κ3) is 7.92. The van der Waals surface area contributed by atoms with Gasteiger partial charge in [0, 0.05) is 25.8 Å². The number of amides is 2. The molecule has 0 saturated heterocycles. The minimum atomic E-state index is -0.628. The first kappa shape index (κ1) is 20.8. The van der Waals surface area contributed by atoms with E-state index in [0.717, 1.165) is 5.69 Å². The fourth-order valence-electron chi connectivity index (χ4n) is 2.24. The molecule has 1 atom stereocenters. The summed E-state index contributed by atoms with van der Waals surface area (Å²) in [5, 5.41) is 5.54. The Labute approximate surface area is 150 Å². The number of rotatable bonds is 7. The molecule has 0 aliphatic carbocycles. The Kier molecular flexibility index (Phi) is 7.74. The van der Waals surface area contributed by atoms with Gasteiger partial charge in [-0.05, 0) is 38.8 Å². The van der Waals surface area contributed by atoms with E-state index in [-0.39, 0.29) is 11.8 Å². The van der Waals surface area contributed by atoms with E-state index >= 15 is 0 Å². The molecular weight excluding hydrogens is 318 g/mol. The molecule has 25 heavy (non-hydrogen) atoms. The van der Waals surface area contributed by atoms with E-state index in [1.165, 1.54) is 0 Å². The van der Waals surface area contributed by atoms with Crippen molar-refractivity contribution in [2.45, 2.75) is 46.3 Å². The number of nitrogens with one attached hydrogen (secondary N) is 2. The Morgan fingerprint density at radius 1 is 1.16 bits per heavy atom. The fraction of sp³-hybridized carbons (Fsp3) is 0.579. The maximum atomic E-state index is 12.4. The van der Waals surface area contributed by atoms with E-state index in [1.54, 1.807) is 20.8 Å². The van der Waals surface area contributed by atoms with Crippen molar-refractivity contribution in [1.82, 2.24) is 10.6 Å². The summed E-state index contributed by atoms with van der Waals surface area (Å²) in [6, 6.07) is 9.32. The summed E-state index contributed by atoms with van der Waals surface area (Å²) in [4.78, 5) is 26.4. The molecule has 2 amide bonds. The summed E-state index contributed by atoms with van der Waals surface area (Å²) in [6.07, 6.45) is -0.581. The largest absolute Gasteiger partial charge is 0.444 e. The van der Waals surface area contributed by atoms with Crippen molar-refractivity contribution < 1.29 is 14.3 Å². The zero-order valence-electron chi connectivity index (χ0n) is 16.1. The molecule has 0 saturated carbocycles. The second kappa shape index (κ2) is 9.30. The van der Waals surface area contributed by atoms with Gasteiger partial charge in [-0.1, -0.05) is 32.0 Å². The lowest BCUT2D eigenvalue weighted by atomic mass is 10.0. The van der Waals surface area contributed by atoms with Crippen molar-refractivity contribution in [3.8, 4) is 0 Å². The van der Waals surface area contributed by atoms with Crippen LogP contribution in [0.3, 0.4) is 0 Å². The summed E-state index contributed by atoms with van der Waals surface area (Å²) in [5.41, 5.74) is 0.490. The Balaban J connectivity index is 2.50. The van der Waals surface area contributed by atoms with Crippen LogP contribution >= 0.6 is 0 Å². The number of carbonyl (C=O) groups is 2. The van der Waals surface area contributed by atoms with Crippen LogP contribution in [-0.4, -0.2) is 43.8 Å². The Hall–Kier alpha value is -2.24. The van der Waals surface area contributed by atoms with Crippen molar-refractivity contribution in [1.29, 1.82) is 0 Å². The number of likely N-dealkylation sites (N-methyl/N-ethyl adjacent to an activating group) is 1. The standard InChI is InChI=1S/C19H31N3O3/c1-14(2)16(21-18(24)25-19(3,4)5)17(23)20-12-13-22(6)15-10-8-7-9-11-15/h7-11,14,16H,12-13H2,1-6H3,(H,20,23)(H,21,24). The third-order valence-electron chi connectivity index (χ3n) is 3.56. The second-order valence-corrected chi connectivity index (χ2v) is 7.42. The molecule has 0 radical (unpaired) electrons. The molecule has 0 aromatic heterocycles. The second-order valence-electron chi connectivity index (χ2n) is 7.42. The Morgan fingerprint density at radius 3 is 2.28 bits per heavy atom. The monoisotopic (exact) mass is 349 g/mol. The van der Waals surface area contributed by atoms with E-state index in [2.05, 4.69) is 15.5 Å². The highest BCUT2D eigenvalue weighted by Gasteiger charge is 2.26. The molecular formula is C19H31N3O3. The number of para-hydroxylation sites is 1. The number of anilines is 1. The van der Waals surface area contributed by atoms with Gasteiger partial charge >= 0.3 is 6.09 Å². The summed E-state index contributed by atoms with van der Waals surface area (Å²) in [7, 11) is 1.97. The van der Waals surface area contributed by atoms with Crippen molar-refractivity contribution in [2.75, 3.05) is 25.0 Å². The summed E-state index contributed by atoms with van der Waals surface area (Å²) in [6.45, 7) is 10.3. The van der Waals surface area contributed by atoms with E-state index in [0.29, 0.717) is 13.1 Å². The van der Waals surface area contributed by atoms with Crippen molar-refractivity contribution in [3.63, 3.8) is 0 Å². The molecule has 6 nitrogen and oxygen atoms in total. The van der Waals surface area contributed by atoms with Crippen molar-refractivity contribution >= 4 is 17.7 Å². The van der Waals surface area contributed by atoms with Gasteiger partial charge < -0.3 is 20.3 Å². The highest BCUT2D eigenvalue weighted by molar-refractivity contribution is 5.85. The molecule has 0 spiro atoms. The number of ether oxygens (including phenoxy) is 1. The van der Waals surface area contributed by atoms with Gasteiger partial charge in [0.15, 0.2) is 0 Å². The molecule has 0 bridgehead atoms. The first-order chi connectivity index (χ1) is 11.6. The first-order valence-corrected chi connectivity index (χ1v) is 8.63. The maximum absolute atomic E-state index is 12.4. The van der Waals surface area contributed by atoms with Crippen LogP contribution in [0.2, 0.25) is 0 Å². The number of nitrogens with zero attached hydrogens (tertiary/aromatic N) is 1. The van der Waals surface area contributed by atoms with Crippen LogP contribution in [0.5, 0.6) is 0 Å². The number of benzene rings is 1. The predicted octanol–water partition coefficient (Wildman–Crippen LogP) is 2.79.